The maximum atomic E-state index is 12.6. The molecule has 0 aliphatic rings. The van der Waals surface area contributed by atoms with Crippen molar-refractivity contribution in [3.05, 3.63) is 65.9 Å². The molecule has 0 spiro atoms. The van der Waals surface area contributed by atoms with Crippen molar-refractivity contribution in [3.8, 4) is 23.1 Å². The van der Waals surface area contributed by atoms with Crippen LogP contribution < -0.4 is 9.47 Å². The van der Waals surface area contributed by atoms with Gasteiger partial charge in [-0.25, -0.2) is 4.68 Å². The molecule has 0 saturated carbocycles. The van der Waals surface area contributed by atoms with E-state index in [-0.39, 0.29) is 12.5 Å². The van der Waals surface area contributed by atoms with Crippen molar-refractivity contribution in [2.75, 3.05) is 41.1 Å². The van der Waals surface area contributed by atoms with E-state index < -0.39 is 0 Å². The number of amides is 1. The number of aryl methyl sites for hydroxylation is 1. The monoisotopic (exact) mass is 439 g/mol. The van der Waals surface area contributed by atoms with Gasteiger partial charge in [0.2, 0.25) is 11.8 Å². The van der Waals surface area contributed by atoms with Gasteiger partial charge in [0.25, 0.3) is 0 Å². The predicted molar refractivity (Wildman–Crippen MR) is 121 cm³/mol. The fourth-order valence-corrected chi connectivity index (χ4v) is 3.22. The lowest BCUT2D eigenvalue weighted by atomic mass is 10.2. The van der Waals surface area contributed by atoms with Crippen LogP contribution in [0, 0.1) is 6.92 Å². The van der Waals surface area contributed by atoms with Gasteiger partial charge in [0, 0.05) is 20.8 Å². The second-order valence-electron chi connectivity index (χ2n) is 7.14. The molecule has 1 aromatic heterocycles. The Kier molecular flexibility index (Phi) is 8.24. The summed E-state index contributed by atoms with van der Waals surface area (Å²) in [6, 6.07) is 17.1. The third-order valence-corrected chi connectivity index (χ3v) is 4.95. The second-order valence-corrected chi connectivity index (χ2v) is 7.14. The van der Waals surface area contributed by atoms with Crippen molar-refractivity contribution in [1.82, 2.24) is 14.7 Å². The van der Waals surface area contributed by atoms with Crippen LogP contribution in [0.5, 0.6) is 17.4 Å². The first-order valence-electron chi connectivity index (χ1n) is 10.3. The number of hydrogen-bond acceptors (Lipinski definition) is 6. The highest BCUT2D eigenvalue weighted by molar-refractivity contribution is 5.77. The van der Waals surface area contributed by atoms with E-state index in [0.717, 1.165) is 22.7 Å². The number of methoxy groups -OCH3 is 3. The van der Waals surface area contributed by atoms with Gasteiger partial charge in [0.15, 0.2) is 0 Å². The predicted octanol–water partition coefficient (Wildman–Crippen LogP) is 3.60. The molecule has 32 heavy (non-hydrogen) atoms. The van der Waals surface area contributed by atoms with Gasteiger partial charge >= 0.3 is 0 Å². The van der Waals surface area contributed by atoms with Crippen LogP contribution in [0.15, 0.2) is 54.6 Å². The molecule has 3 aromatic rings. The van der Waals surface area contributed by atoms with Gasteiger partial charge in [-0.15, -0.1) is 0 Å². The molecular formula is C24H29N3O5. The number of ether oxygens (including phenoxy) is 4. The van der Waals surface area contributed by atoms with Gasteiger partial charge in [-0.1, -0.05) is 18.2 Å². The number of rotatable bonds is 11. The van der Waals surface area contributed by atoms with Crippen LogP contribution in [-0.4, -0.2) is 61.7 Å². The Bertz CT molecular complexity index is 1000. The number of hydrogen-bond donors (Lipinski definition) is 0. The Hall–Kier alpha value is -3.36. The molecule has 0 bridgehead atoms. The lowest BCUT2D eigenvalue weighted by Gasteiger charge is -2.22. The topological polar surface area (TPSA) is 75.0 Å². The maximum absolute atomic E-state index is 12.6. The van der Waals surface area contributed by atoms with E-state index in [0.29, 0.717) is 31.3 Å². The summed E-state index contributed by atoms with van der Waals surface area (Å²) in [5, 5.41) is 4.72. The van der Waals surface area contributed by atoms with Gasteiger partial charge in [0.1, 0.15) is 18.1 Å². The van der Waals surface area contributed by atoms with Gasteiger partial charge in [-0.2, -0.15) is 5.10 Å². The number of benzene rings is 2. The molecule has 0 unspecified atom stereocenters. The Balaban J connectivity index is 2.01. The van der Waals surface area contributed by atoms with Crippen LogP contribution in [0.2, 0.25) is 0 Å². The zero-order chi connectivity index (χ0) is 22.9. The number of carbonyl (C=O) groups is 1. The first-order chi connectivity index (χ1) is 15.6. The summed E-state index contributed by atoms with van der Waals surface area (Å²) >= 11 is 0. The molecule has 0 aliphatic carbocycles. The summed E-state index contributed by atoms with van der Waals surface area (Å²) in [7, 11) is 4.73. The summed E-state index contributed by atoms with van der Waals surface area (Å²) in [4.78, 5) is 14.3. The molecule has 0 atom stereocenters. The van der Waals surface area contributed by atoms with E-state index in [2.05, 4.69) is 0 Å². The highest BCUT2D eigenvalue weighted by Gasteiger charge is 2.23. The van der Waals surface area contributed by atoms with Gasteiger partial charge in [0.05, 0.1) is 37.2 Å². The van der Waals surface area contributed by atoms with E-state index >= 15 is 0 Å². The first kappa shape index (κ1) is 23.3. The summed E-state index contributed by atoms with van der Waals surface area (Å²) < 4.78 is 23.5. The average molecular weight is 440 g/mol. The average Bonchev–Trinajstić information content (AvgIpc) is 3.12. The van der Waals surface area contributed by atoms with Crippen LogP contribution in [0.4, 0.5) is 0 Å². The number of nitrogens with zero attached hydrogens (tertiary/aromatic N) is 3. The summed E-state index contributed by atoms with van der Waals surface area (Å²) in [5.74, 6) is 1.79. The third kappa shape index (κ3) is 5.66. The van der Waals surface area contributed by atoms with Crippen molar-refractivity contribution in [2.45, 2.75) is 13.5 Å². The molecule has 0 aliphatic heterocycles. The standard InChI is InChI=1S/C24H29N3O5/c1-18-22(16-26(14-15-29-2)23(28)17-30-3)24(27(25-18)19-8-6-5-7-9-19)32-21-12-10-20(31-4)11-13-21/h5-13H,14-17H2,1-4H3. The minimum Gasteiger partial charge on any atom is -0.497 e. The van der Waals surface area contributed by atoms with Gasteiger partial charge < -0.3 is 23.8 Å². The molecule has 0 radical (unpaired) electrons. The molecule has 0 N–H and O–H groups in total. The SMILES string of the molecule is COCCN(Cc1c(C)nn(-c2ccccc2)c1Oc1ccc(OC)cc1)C(=O)COC. The van der Waals surface area contributed by atoms with Crippen molar-refractivity contribution in [3.63, 3.8) is 0 Å². The fraction of sp³-hybridized carbons (Fsp3) is 0.333. The van der Waals surface area contributed by atoms with E-state index in [9.17, 15) is 4.79 Å². The zero-order valence-corrected chi connectivity index (χ0v) is 18.9. The number of aromatic nitrogens is 2. The van der Waals surface area contributed by atoms with Gasteiger partial charge in [-0.05, 0) is 43.3 Å². The third-order valence-electron chi connectivity index (χ3n) is 4.95. The van der Waals surface area contributed by atoms with E-state index in [1.807, 2.05) is 61.5 Å². The van der Waals surface area contributed by atoms with Crippen molar-refractivity contribution < 1.29 is 23.7 Å². The fourth-order valence-electron chi connectivity index (χ4n) is 3.22. The van der Waals surface area contributed by atoms with E-state index in [1.54, 1.807) is 23.8 Å². The zero-order valence-electron chi connectivity index (χ0n) is 18.9. The molecule has 8 heteroatoms. The number of carbonyl (C=O) groups excluding carboxylic acids is 1. The largest absolute Gasteiger partial charge is 0.497 e. The van der Waals surface area contributed by atoms with Crippen LogP contribution in [0.25, 0.3) is 5.69 Å². The smallest absolute Gasteiger partial charge is 0.248 e. The minimum atomic E-state index is -0.133. The molecule has 1 heterocycles. The summed E-state index contributed by atoms with van der Waals surface area (Å²) in [6.07, 6.45) is 0. The highest BCUT2D eigenvalue weighted by atomic mass is 16.5. The van der Waals surface area contributed by atoms with Gasteiger partial charge in [-0.3, -0.25) is 4.79 Å². The Morgan fingerprint density at radius 2 is 1.66 bits per heavy atom. The summed E-state index contributed by atoms with van der Waals surface area (Å²) in [5.41, 5.74) is 2.44. The van der Waals surface area contributed by atoms with Crippen LogP contribution in [0.3, 0.4) is 0 Å². The lowest BCUT2D eigenvalue weighted by Crippen LogP contribution is -2.36. The Morgan fingerprint density at radius 3 is 2.28 bits per heavy atom. The molecule has 1 amide bonds. The van der Waals surface area contributed by atoms with Crippen LogP contribution in [0.1, 0.15) is 11.3 Å². The van der Waals surface area contributed by atoms with E-state index in [4.69, 9.17) is 24.0 Å². The molecule has 8 nitrogen and oxygen atoms in total. The highest BCUT2D eigenvalue weighted by Crippen LogP contribution is 2.32. The summed E-state index contributed by atoms with van der Waals surface area (Å²) in [6.45, 7) is 3.05. The molecular weight excluding hydrogens is 410 g/mol. The molecule has 0 saturated heterocycles. The Morgan fingerprint density at radius 1 is 0.969 bits per heavy atom. The Labute approximate surface area is 188 Å². The van der Waals surface area contributed by atoms with Crippen molar-refractivity contribution in [2.24, 2.45) is 0 Å². The normalized spacial score (nSPS) is 10.8. The molecule has 0 fully saturated rings. The maximum Gasteiger partial charge on any atom is 0.248 e. The molecule has 3 rings (SSSR count). The van der Waals surface area contributed by atoms with Crippen molar-refractivity contribution >= 4 is 5.91 Å². The van der Waals surface area contributed by atoms with E-state index in [1.165, 1.54) is 7.11 Å². The van der Waals surface area contributed by atoms with Crippen LogP contribution >= 0.6 is 0 Å². The second kappa shape index (κ2) is 11.3. The molecule has 2 aromatic carbocycles. The number of para-hydroxylation sites is 1. The quantitative estimate of drug-likeness (QED) is 0.454. The van der Waals surface area contributed by atoms with Crippen molar-refractivity contribution in [1.29, 1.82) is 0 Å². The molecule has 170 valence electrons. The van der Waals surface area contributed by atoms with Crippen LogP contribution in [-0.2, 0) is 20.8 Å². The first-order valence-corrected chi connectivity index (χ1v) is 10.3. The lowest BCUT2D eigenvalue weighted by molar-refractivity contribution is -0.136. The minimum absolute atomic E-state index is 0.00967.